The molecule has 128 valence electrons. The Bertz CT molecular complexity index is 564. The molecule has 23 heavy (non-hydrogen) atoms. The van der Waals surface area contributed by atoms with Gasteiger partial charge in [0.15, 0.2) is 12.3 Å². The molecule has 0 radical (unpaired) electrons. The van der Waals surface area contributed by atoms with Crippen molar-refractivity contribution >= 4 is 5.84 Å². The summed E-state index contributed by atoms with van der Waals surface area (Å²) in [5.41, 5.74) is 6.10. The quantitative estimate of drug-likeness (QED) is 0.781. The minimum absolute atomic E-state index is 0.256. The molecule has 1 unspecified atom stereocenters. The zero-order chi connectivity index (χ0) is 16.8. The number of amidine groups is 1. The molecule has 0 spiro atoms. The van der Waals surface area contributed by atoms with Gasteiger partial charge in [0.2, 0.25) is 0 Å². The average molecular weight is 324 g/mol. The summed E-state index contributed by atoms with van der Waals surface area (Å²) in [7, 11) is 5.18. The van der Waals surface area contributed by atoms with Gasteiger partial charge >= 0.3 is 0 Å². The van der Waals surface area contributed by atoms with Crippen LogP contribution in [0.25, 0.3) is 0 Å². The van der Waals surface area contributed by atoms with E-state index in [9.17, 15) is 0 Å². The van der Waals surface area contributed by atoms with Gasteiger partial charge in [-0.05, 0) is 6.92 Å². The fourth-order valence-electron chi connectivity index (χ4n) is 3.50. The second-order valence-electron chi connectivity index (χ2n) is 6.15. The molecule has 0 aromatic rings. The van der Waals surface area contributed by atoms with Crippen LogP contribution in [0.5, 0.6) is 0 Å². The number of ether oxygens (including phenoxy) is 3. The first-order valence-corrected chi connectivity index (χ1v) is 7.49. The number of hydrogen-bond acceptors (Lipinski definition) is 8. The standard InChI is InChI=1S/C15H24N4O4/c1-9-6-19(10(2)17-13(9)16)14-11-12(21-5)15(22-14,8-20-4)7-18(3)23-11/h6,11-12,14H,2,7-8H2,1,3-5H3,(H2,16,17)/t11-,12?,14+,15+/m0/s1. The second kappa shape index (κ2) is 5.88. The lowest BCUT2D eigenvalue weighted by Crippen LogP contribution is -2.60. The lowest BCUT2D eigenvalue weighted by Gasteiger charge is -2.40. The van der Waals surface area contributed by atoms with Gasteiger partial charge in [-0.1, -0.05) is 6.58 Å². The predicted octanol–water partition coefficient (Wildman–Crippen LogP) is 0.0363. The molecule has 3 aliphatic rings. The van der Waals surface area contributed by atoms with E-state index < -0.39 is 11.8 Å². The Hall–Kier alpha value is -1.45. The monoisotopic (exact) mass is 324 g/mol. The topological polar surface area (TPSA) is 81.8 Å². The van der Waals surface area contributed by atoms with Gasteiger partial charge < -0.3 is 24.8 Å². The van der Waals surface area contributed by atoms with Crippen LogP contribution in [0.3, 0.4) is 0 Å². The van der Waals surface area contributed by atoms with E-state index in [0.717, 1.165) is 5.57 Å². The van der Waals surface area contributed by atoms with Crippen LogP contribution in [0, 0.1) is 0 Å². The Kier molecular flexibility index (Phi) is 4.19. The van der Waals surface area contributed by atoms with Crippen LogP contribution in [0.1, 0.15) is 6.92 Å². The number of aliphatic imine (C=N–C) groups is 1. The molecule has 0 saturated carbocycles. The first-order chi connectivity index (χ1) is 10.9. The van der Waals surface area contributed by atoms with E-state index in [0.29, 0.717) is 24.8 Å². The summed E-state index contributed by atoms with van der Waals surface area (Å²) in [4.78, 5) is 12.1. The van der Waals surface area contributed by atoms with E-state index in [1.807, 2.05) is 25.1 Å². The van der Waals surface area contributed by atoms with Gasteiger partial charge in [0.25, 0.3) is 0 Å². The molecule has 0 aromatic carbocycles. The molecule has 2 N–H and O–H groups in total. The largest absolute Gasteiger partial charge is 0.383 e. The Morgan fingerprint density at radius 2 is 2.26 bits per heavy atom. The molecular weight excluding hydrogens is 300 g/mol. The van der Waals surface area contributed by atoms with Crippen LogP contribution in [0.15, 0.2) is 29.2 Å². The number of nitrogens with zero attached hydrogens (tertiary/aromatic N) is 3. The van der Waals surface area contributed by atoms with E-state index in [2.05, 4.69) is 11.6 Å². The Labute approximate surface area is 136 Å². The van der Waals surface area contributed by atoms with Gasteiger partial charge in [0.05, 0.1) is 13.2 Å². The van der Waals surface area contributed by atoms with Crippen molar-refractivity contribution in [1.82, 2.24) is 9.96 Å². The highest BCUT2D eigenvalue weighted by atomic mass is 16.7. The summed E-state index contributed by atoms with van der Waals surface area (Å²) in [6.07, 6.45) is 0.879. The van der Waals surface area contributed by atoms with Gasteiger partial charge in [0.1, 0.15) is 23.4 Å². The fourth-order valence-corrected chi connectivity index (χ4v) is 3.50. The zero-order valence-corrected chi connectivity index (χ0v) is 14.0. The molecule has 0 aliphatic carbocycles. The van der Waals surface area contributed by atoms with Gasteiger partial charge in [0, 0.05) is 33.0 Å². The maximum absolute atomic E-state index is 6.37. The van der Waals surface area contributed by atoms with Crippen molar-refractivity contribution < 1.29 is 19.0 Å². The fraction of sp³-hybridized carbons (Fsp3) is 0.667. The van der Waals surface area contributed by atoms with Crippen molar-refractivity contribution in [3.8, 4) is 0 Å². The van der Waals surface area contributed by atoms with Gasteiger partial charge in [-0.15, -0.1) is 0 Å². The first kappa shape index (κ1) is 16.4. The predicted molar refractivity (Wildman–Crippen MR) is 84.1 cm³/mol. The van der Waals surface area contributed by atoms with Crippen LogP contribution in [-0.2, 0) is 19.0 Å². The summed E-state index contributed by atoms with van der Waals surface area (Å²) < 4.78 is 17.5. The number of likely N-dealkylation sites (N-methyl/N-ethyl adjacent to an activating group) is 1. The maximum Gasteiger partial charge on any atom is 0.167 e. The molecule has 2 fully saturated rings. The minimum atomic E-state index is -0.611. The zero-order valence-electron chi connectivity index (χ0n) is 14.0. The molecule has 2 saturated heterocycles. The third kappa shape index (κ3) is 2.56. The highest BCUT2D eigenvalue weighted by molar-refractivity contribution is 5.97. The van der Waals surface area contributed by atoms with Crippen LogP contribution in [0.2, 0.25) is 0 Å². The number of hydroxylamine groups is 2. The van der Waals surface area contributed by atoms with Crippen LogP contribution < -0.4 is 5.73 Å². The van der Waals surface area contributed by atoms with Gasteiger partial charge in [-0.3, -0.25) is 4.84 Å². The molecular formula is C15H24N4O4. The molecule has 8 nitrogen and oxygen atoms in total. The number of nitrogens with two attached hydrogens (primary N) is 1. The Morgan fingerprint density at radius 1 is 1.52 bits per heavy atom. The van der Waals surface area contributed by atoms with Gasteiger partial charge in [-0.25, -0.2) is 4.99 Å². The second-order valence-corrected chi connectivity index (χ2v) is 6.15. The first-order valence-electron chi connectivity index (χ1n) is 7.49. The molecule has 0 aromatic heterocycles. The van der Waals surface area contributed by atoms with Crippen molar-refractivity contribution in [2.45, 2.75) is 31.0 Å². The maximum atomic E-state index is 6.37. The van der Waals surface area contributed by atoms with Crippen molar-refractivity contribution in [2.24, 2.45) is 10.7 Å². The highest BCUT2D eigenvalue weighted by Crippen LogP contribution is 2.42. The number of methoxy groups -OCH3 is 2. The van der Waals surface area contributed by atoms with Gasteiger partial charge in [-0.2, -0.15) is 5.06 Å². The van der Waals surface area contributed by atoms with E-state index in [-0.39, 0.29) is 12.2 Å². The molecule has 0 amide bonds. The van der Waals surface area contributed by atoms with E-state index in [1.165, 1.54) is 0 Å². The molecule has 3 rings (SSSR count). The minimum Gasteiger partial charge on any atom is -0.383 e. The lowest BCUT2D eigenvalue weighted by molar-refractivity contribution is -0.263. The number of fused-ring (bicyclic) bond motifs is 2. The molecule has 4 atom stereocenters. The van der Waals surface area contributed by atoms with Crippen molar-refractivity contribution in [1.29, 1.82) is 0 Å². The molecule has 2 bridgehead atoms. The van der Waals surface area contributed by atoms with Crippen LogP contribution in [0.4, 0.5) is 0 Å². The van der Waals surface area contributed by atoms with E-state index in [4.69, 9.17) is 24.8 Å². The van der Waals surface area contributed by atoms with E-state index in [1.54, 1.807) is 19.3 Å². The highest BCUT2D eigenvalue weighted by Gasteiger charge is 2.62. The molecule has 3 heterocycles. The number of rotatable bonds is 4. The van der Waals surface area contributed by atoms with Crippen LogP contribution in [-0.4, -0.2) is 74.3 Å². The van der Waals surface area contributed by atoms with Crippen molar-refractivity contribution in [3.63, 3.8) is 0 Å². The third-order valence-electron chi connectivity index (χ3n) is 4.45. The third-order valence-corrected chi connectivity index (χ3v) is 4.45. The SMILES string of the molecule is C=C1N=C(N)C(C)=CN1[C@@H]1O[C@@]2(COC)CN(C)O[C@H]1C2OC. The Morgan fingerprint density at radius 3 is 2.91 bits per heavy atom. The smallest absolute Gasteiger partial charge is 0.167 e. The lowest BCUT2D eigenvalue weighted by atomic mass is 9.94. The van der Waals surface area contributed by atoms with Crippen molar-refractivity contribution in [3.05, 3.63) is 24.2 Å². The summed E-state index contributed by atoms with van der Waals surface area (Å²) in [5.74, 6) is 0.972. The molecule has 3 aliphatic heterocycles. The molecule has 8 heteroatoms. The van der Waals surface area contributed by atoms with E-state index >= 15 is 0 Å². The normalized spacial score (nSPS) is 37.8. The average Bonchev–Trinajstić information content (AvgIpc) is 2.67. The summed E-state index contributed by atoms with van der Waals surface area (Å²) in [5, 5.41) is 1.76. The summed E-state index contributed by atoms with van der Waals surface area (Å²) in [6.45, 7) is 6.81. The summed E-state index contributed by atoms with van der Waals surface area (Å²) in [6, 6.07) is 0. The summed E-state index contributed by atoms with van der Waals surface area (Å²) >= 11 is 0. The van der Waals surface area contributed by atoms with Crippen LogP contribution >= 0.6 is 0 Å². The Balaban J connectivity index is 1.94. The van der Waals surface area contributed by atoms with Crippen molar-refractivity contribution in [2.75, 3.05) is 34.4 Å². The number of hydrogen-bond donors (Lipinski definition) is 1.